The molecule has 8 heteroatoms. The van der Waals surface area contributed by atoms with Crippen LogP contribution in [0.15, 0.2) is 41.8 Å². The summed E-state index contributed by atoms with van der Waals surface area (Å²) in [6, 6.07) is 7.64. The van der Waals surface area contributed by atoms with E-state index in [0.717, 1.165) is 12.8 Å². The zero-order valence-electron chi connectivity index (χ0n) is 16.2. The topological polar surface area (TPSA) is 92.5 Å². The summed E-state index contributed by atoms with van der Waals surface area (Å²) in [5, 5.41) is 15.9. The predicted molar refractivity (Wildman–Crippen MR) is 112 cm³/mol. The maximum Gasteiger partial charge on any atom is 0.276 e. The van der Waals surface area contributed by atoms with Gasteiger partial charge in [0.15, 0.2) is 0 Å². The van der Waals surface area contributed by atoms with Crippen LogP contribution in [-0.4, -0.2) is 34.2 Å². The molecular weight excluding hydrogens is 390 g/mol. The molecule has 1 aromatic carbocycles. The Balaban J connectivity index is 1.66. The quantitative estimate of drug-likeness (QED) is 0.427. The van der Waals surface area contributed by atoms with Crippen molar-refractivity contribution < 1.29 is 14.5 Å². The molecule has 152 valence electrons. The molecule has 1 N–H and O–H groups in total. The molecular formula is C21H23N3O4S. The highest BCUT2D eigenvalue weighted by Crippen LogP contribution is 2.24. The molecule has 7 nitrogen and oxygen atoms in total. The predicted octanol–water partition coefficient (Wildman–Crippen LogP) is 3.54. The molecule has 1 aliphatic heterocycles. The van der Waals surface area contributed by atoms with Crippen LogP contribution >= 0.6 is 11.3 Å². The number of nitro groups is 1. The summed E-state index contributed by atoms with van der Waals surface area (Å²) in [6.45, 7) is 3.18. The number of hydrogen-bond acceptors (Lipinski definition) is 5. The SMILES string of the molecule is CCCC(NC(=O)/C=C/c1ccccc1[N+](=O)[O-])C(=O)N1CCc2sccc2C1. The number of nitrogens with one attached hydrogen (secondary N) is 1. The normalized spacial score (nSPS) is 14.4. The Morgan fingerprint density at radius 3 is 2.90 bits per heavy atom. The number of hydrogen-bond donors (Lipinski definition) is 1. The molecule has 2 aromatic rings. The molecule has 1 aromatic heterocycles. The number of nitrogens with zero attached hydrogens (tertiary/aromatic N) is 2. The number of para-hydroxylation sites is 1. The van der Waals surface area contributed by atoms with Crippen LogP contribution in [0.25, 0.3) is 6.08 Å². The fraction of sp³-hybridized carbons (Fsp3) is 0.333. The number of nitro benzene ring substituents is 1. The maximum atomic E-state index is 13.0. The van der Waals surface area contributed by atoms with Gasteiger partial charge in [0.25, 0.3) is 5.69 Å². The van der Waals surface area contributed by atoms with Crippen molar-refractivity contribution >= 4 is 34.9 Å². The largest absolute Gasteiger partial charge is 0.341 e. The maximum absolute atomic E-state index is 13.0. The van der Waals surface area contributed by atoms with E-state index in [4.69, 9.17) is 0 Å². The van der Waals surface area contributed by atoms with Gasteiger partial charge in [-0.3, -0.25) is 19.7 Å². The fourth-order valence-corrected chi connectivity index (χ4v) is 4.27. The second-order valence-electron chi connectivity index (χ2n) is 6.88. The van der Waals surface area contributed by atoms with Crippen molar-refractivity contribution in [2.24, 2.45) is 0 Å². The van der Waals surface area contributed by atoms with Crippen LogP contribution in [0.1, 0.15) is 35.8 Å². The summed E-state index contributed by atoms with van der Waals surface area (Å²) in [4.78, 5) is 39.1. The molecule has 2 heterocycles. The van der Waals surface area contributed by atoms with Gasteiger partial charge in [-0.15, -0.1) is 11.3 Å². The molecule has 3 rings (SSSR count). The molecule has 1 aliphatic rings. The summed E-state index contributed by atoms with van der Waals surface area (Å²) in [5.41, 5.74) is 1.44. The lowest BCUT2D eigenvalue weighted by atomic mass is 10.1. The third-order valence-electron chi connectivity index (χ3n) is 4.86. The Morgan fingerprint density at radius 1 is 1.34 bits per heavy atom. The lowest BCUT2D eigenvalue weighted by molar-refractivity contribution is -0.385. The summed E-state index contributed by atoms with van der Waals surface area (Å²) >= 11 is 1.71. The van der Waals surface area contributed by atoms with Crippen molar-refractivity contribution in [1.82, 2.24) is 10.2 Å². The zero-order valence-corrected chi connectivity index (χ0v) is 17.0. The lowest BCUT2D eigenvalue weighted by Gasteiger charge is -2.30. The van der Waals surface area contributed by atoms with E-state index in [1.807, 2.05) is 18.4 Å². The van der Waals surface area contributed by atoms with Gasteiger partial charge >= 0.3 is 0 Å². The fourth-order valence-electron chi connectivity index (χ4n) is 3.38. The number of rotatable bonds is 7. The molecule has 0 saturated carbocycles. The van der Waals surface area contributed by atoms with Crippen LogP contribution < -0.4 is 5.32 Å². The summed E-state index contributed by atoms with van der Waals surface area (Å²) < 4.78 is 0. The van der Waals surface area contributed by atoms with Crippen molar-refractivity contribution in [3.05, 3.63) is 67.9 Å². The molecule has 0 radical (unpaired) electrons. The first-order valence-electron chi connectivity index (χ1n) is 9.55. The smallest absolute Gasteiger partial charge is 0.276 e. The third-order valence-corrected chi connectivity index (χ3v) is 5.88. The van der Waals surface area contributed by atoms with Crippen LogP contribution in [0.4, 0.5) is 5.69 Å². The van der Waals surface area contributed by atoms with Gasteiger partial charge in [0, 0.05) is 30.1 Å². The number of benzene rings is 1. The number of carbonyl (C=O) groups is 2. The number of thiophene rings is 1. The minimum atomic E-state index is -0.608. The van der Waals surface area contributed by atoms with Gasteiger partial charge in [-0.25, -0.2) is 0 Å². The first-order chi connectivity index (χ1) is 14.0. The molecule has 0 spiro atoms. The van der Waals surface area contributed by atoms with Gasteiger partial charge in [0.1, 0.15) is 6.04 Å². The summed E-state index contributed by atoms with van der Waals surface area (Å²) in [7, 11) is 0. The van der Waals surface area contributed by atoms with Crippen molar-refractivity contribution in [3.63, 3.8) is 0 Å². The van der Waals surface area contributed by atoms with Crippen molar-refractivity contribution in [3.8, 4) is 0 Å². The van der Waals surface area contributed by atoms with Crippen LogP contribution in [0.3, 0.4) is 0 Å². The van der Waals surface area contributed by atoms with E-state index in [1.165, 1.54) is 28.7 Å². The minimum Gasteiger partial charge on any atom is -0.341 e. The molecule has 0 saturated heterocycles. The first-order valence-corrected chi connectivity index (χ1v) is 10.4. The van der Waals surface area contributed by atoms with E-state index in [0.29, 0.717) is 25.1 Å². The average molecular weight is 413 g/mol. The van der Waals surface area contributed by atoms with E-state index in [-0.39, 0.29) is 11.6 Å². The average Bonchev–Trinajstić information content (AvgIpc) is 3.19. The Labute approximate surface area is 173 Å². The van der Waals surface area contributed by atoms with E-state index in [1.54, 1.807) is 34.4 Å². The highest BCUT2D eigenvalue weighted by molar-refractivity contribution is 7.10. The molecule has 1 unspecified atom stereocenters. The Hall–Kier alpha value is -3.00. The molecule has 0 fully saturated rings. The van der Waals surface area contributed by atoms with Gasteiger partial charge in [0.2, 0.25) is 11.8 Å². The molecule has 1 atom stereocenters. The first kappa shape index (κ1) is 20.7. The minimum absolute atomic E-state index is 0.0716. The number of fused-ring (bicyclic) bond motifs is 1. The lowest BCUT2D eigenvalue weighted by Crippen LogP contribution is -2.49. The zero-order chi connectivity index (χ0) is 20.8. The van der Waals surface area contributed by atoms with Gasteiger partial charge in [-0.05, 0) is 42.0 Å². The Morgan fingerprint density at radius 2 is 2.14 bits per heavy atom. The molecule has 2 amide bonds. The van der Waals surface area contributed by atoms with Gasteiger partial charge in [0.05, 0.1) is 10.5 Å². The van der Waals surface area contributed by atoms with E-state index < -0.39 is 16.9 Å². The standard InChI is InChI=1S/C21H23N3O4S/c1-2-5-17(21(26)23-12-10-19-16(14-23)11-13-29-19)22-20(25)9-8-15-6-3-4-7-18(15)24(27)28/h3-4,6-9,11,13,17H,2,5,10,12,14H2,1H3,(H,22,25)/b9-8+. The van der Waals surface area contributed by atoms with E-state index >= 15 is 0 Å². The van der Waals surface area contributed by atoms with E-state index in [9.17, 15) is 19.7 Å². The second-order valence-corrected chi connectivity index (χ2v) is 7.88. The Bertz CT molecular complexity index is 938. The monoisotopic (exact) mass is 413 g/mol. The van der Waals surface area contributed by atoms with Crippen molar-refractivity contribution in [2.75, 3.05) is 6.54 Å². The van der Waals surface area contributed by atoms with Crippen LogP contribution in [0.2, 0.25) is 0 Å². The van der Waals surface area contributed by atoms with Crippen molar-refractivity contribution in [2.45, 2.75) is 38.8 Å². The highest BCUT2D eigenvalue weighted by Gasteiger charge is 2.28. The van der Waals surface area contributed by atoms with E-state index in [2.05, 4.69) is 5.32 Å². The summed E-state index contributed by atoms with van der Waals surface area (Å²) in [5.74, 6) is -0.528. The van der Waals surface area contributed by atoms with Gasteiger partial charge < -0.3 is 10.2 Å². The van der Waals surface area contributed by atoms with Crippen LogP contribution in [0.5, 0.6) is 0 Å². The Kier molecular flexibility index (Phi) is 6.77. The highest BCUT2D eigenvalue weighted by atomic mass is 32.1. The van der Waals surface area contributed by atoms with Crippen LogP contribution in [0, 0.1) is 10.1 Å². The van der Waals surface area contributed by atoms with Crippen LogP contribution in [-0.2, 0) is 22.6 Å². The number of carbonyl (C=O) groups excluding carboxylic acids is 2. The molecule has 0 aliphatic carbocycles. The second kappa shape index (κ2) is 9.47. The number of amides is 2. The van der Waals surface area contributed by atoms with Gasteiger partial charge in [-0.2, -0.15) is 0 Å². The third kappa shape index (κ3) is 5.08. The summed E-state index contributed by atoms with van der Waals surface area (Å²) in [6.07, 6.45) is 4.77. The molecule has 0 bridgehead atoms. The molecule has 29 heavy (non-hydrogen) atoms. The van der Waals surface area contributed by atoms with Gasteiger partial charge in [-0.1, -0.05) is 25.5 Å². The van der Waals surface area contributed by atoms with Crippen molar-refractivity contribution in [1.29, 1.82) is 0 Å².